The maximum Gasteiger partial charge on any atom is 0.255 e. The molecule has 2 heterocycles. The van der Waals surface area contributed by atoms with Crippen LogP contribution in [0.5, 0.6) is 0 Å². The maximum atomic E-state index is 12.7. The van der Waals surface area contributed by atoms with E-state index >= 15 is 0 Å². The van der Waals surface area contributed by atoms with E-state index in [9.17, 15) is 4.79 Å². The fraction of sp³-hybridized carbons (Fsp3) is 0.318. The van der Waals surface area contributed by atoms with Crippen LogP contribution in [0.4, 0.5) is 5.69 Å². The molecule has 0 aliphatic carbocycles. The van der Waals surface area contributed by atoms with Crippen LogP contribution in [0.25, 0.3) is 0 Å². The predicted octanol–water partition coefficient (Wildman–Crippen LogP) is 3.88. The Hall–Kier alpha value is -2.99. The lowest BCUT2D eigenvalue weighted by Crippen LogP contribution is -2.23. The van der Waals surface area contributed by atoms with E-state index in [0.717, 1.165) is 34.9 Å². The molecule has 0 saturated heterocycles. The van der Waals surface area contributed by atoms with E-state index in [1.807, 2.05) is 69.6 Å². The lowest BCUT2D eigenvalue weighted by molar-refractivity contribution is 0.102. The number of benzene rings is 1. The quantitative estimate of drug-likeness (QED) is 0.708. The second-order valence-corrected chi connectivity index (χ2v) is 7.17. The van der Waals surface area contributed by atoms with Crippen LogP contribution in [-0.2, 0) is 13.6 Å². The van der Waals surface area contributed by atoms with Crippen molar-refractivity contribution in [1.82, 2.24) is 19.7 Å². The summed E-state index contributed by atoms with van der Waals surface area (Å²) in [5.41, 5.74) is 5.27. The van der Waals surface area contributed by atoms with Gasteiger partial charge >= 0.3 is 0 Å². The third-order valence-electron chi connectivity index (χ3n) is 5.15. The topological polar surface area (TPSA) is 63.1 Å². The Labute approximate surface area is 166 Å². The molecule has 0 aliphatic heterocycles. The molecule has 146 valence electrons. The molecule has 0 saturated carbocycles. The number of anilines is 1. The number of aromatic nitrogens is 3. The maximum absolute atomic E-state index is 12.7. The highest BCUT2D eigenvalue weighted by Crippen LogP contribution is 2.21. The number of hydrogen-bond donors (Lipinski definition) is 1. The summed E-state index contributed by atoms with van der Waals surface area (Å²) in [6.45, 7) is 6.70. The first-order valence-corrected chi connectivity index (χ1v) is 9.38. The van der Waals surface area contributed by atoms with E-state index < -0.39 is 0 Å². The Balaban J connectivity index is 1.72. The van der Waals surface area contributed by atoms with Gasteiger partial charge in [-0.1, -0.05) is 18.2 Å². The van der Waals surface area contributed by atoms with Crippen molar-refractivity contribution in [3.05, 3.63) is 76.9 Å². The minimum Gasteiger partial charge on any atom is -0.319 e. The Morgan fingerprint density at radius 2 is 2.00 bits per heavy atom. The molecule has 3 rings (SSSR count). The van der Waals surface area contributed by atoms with Crippen LogP contribution in [0.1, 0.15) is 46.0 Å². The first-order valence-electron chi connectivity index (χ1n) is 9.38. The molecule has 1 N–H and O–H groups in total. The van der Waals surface area contributed by atoms with Gasteiger partial charge in [0.05, 0.1) is 22.8 Å². The number of pyridine rings is 1. The lowest BCUT2D eigenvalue weighted by Gasteiger charge is -2.24. The molecule has 0 fully saturated rings. The van der Waals surface area contributed by atoms with E-state index in [1.165, 1.54) is 0 Å². The molecule has 0 spiro atoms. The van der Waals surface area contributed by atoms with Crippen molar-refractivity contribution in [2.24, 2.45) is 7.05 Å². The number of amides is 1. The second kappa shape index (κ2) is 8.35. The number of nitrogens with zero attached hydrogens (tertiary/aromatic N) is 4. The smallest absolute Gasteiger partial charge is 0.255 e. The van der Waals surface area contributed by atoms with E-state index in [0.29, 0.717) is 5.56 Å². The van der Waals surface area contributed by atoms with Crippen LogP contribution in [0.3, 0.4) is 0 Å². The lowest BCUT2D eigenvalue weighted by atomic mass is 10.1. The van der Waals surface area contributed by atoms with Gasteiger partial charge in [-0.2, -0.15) is 5.10 Å². The van der Waals surface area contributed by atoms with Crippen molar-refractivity contribution in [2.75, 3.05) is 12.4 Å². The number of hydrogen-bond acceptors (Lipinski definition) is 4. The zero-order valence-corrected chi connectivity index (χ0v) is 17.1. The normalized spacial score (nSPS) is 12.2. The number of carbonyl (C=O) groups excluding carboxylic acids is 1. The van der Waals surface area contributed by atoms with Gasteiger partial charge < -0.3 is 5.32 Å². The van der Waals surface area contributed by atoms with E-state index in [-0.39, 0.29) is 11.9 Å². The molecule has 28 heavy (non-hydrogen) atoms. The Bertz CT molecular complexity index is 964. The average Bonchev–Trinajstić information content (AvgIpc) is 2.94. The summed E-state index contributed by atoms with van der Waals surface area (Å²) >= 11 is 0. The first kappa shape index (κ1) is 19.8. The minimum atomic E-state index is -0.124. The summed E-state index contributed by atoms with van der Waals surface area (Å²) < 4.78 is 1.77. The molecule has 1 atom stereocenters. The summed E-state index contributed by atoms with van der Waals surface area (Å²) in [4.78, 5) is 19.4. The van der Waals surface area contributed by atoms with E-state index in [1.54, 1.807) is 4.68 Å². The highest BCUT2D eigenvalue weighted by atomic mass is 16.1. The van der Waals surface area contributed by atoms with Crippen molar-refractivity contribution in [3.63, 3.8) is 0 Å². The molecule has 0 bridgehead atoms. The fourth-order valence-corrected chi connectivity index (χ4v) is 3.22. The summed E-state index contributed by atoms with van der Waals surface area (Å²) in [5, 5.41) is 7.35. The molecule has 1 aromatic carbocycles. The standard InChI is InChI=1S/C22H27N5O/c1-15-21(17(3)27(5)25-15)24-22(28)19-10-8-9-18(13-19)14-26(4)16(2)20-11-6-7-12-23-20/h6-13,16H,14H2,1-5H3,(H,24,28). The van der Waals surface area contributed by atoms with Crippen molar-refractivity contribution in [3.8, 4) is 0 Å². The summed E-state index contributed by atoms with van der Waals surface area (Å²) in [5.74, 6) is -0.124. The SMILES string of the molecule is Cc1nn(C)c(C)c1NC(=O)c1cccc(CN(C)C(C)c2ccccn2)c1. The molecule has 0 aliphatic rings. The third kappa shape index (κ3) is 4.28. The largest absolute Gasteiger partial charge is 0.319 e. The van der Waals surface area contributed by atoms with Crippen LogP contribution in [-0.4, -0.2) is 32.6 Å². The number of carbonyl (C=O) groups is 1. The van der Waals surface area contributed by atoms with Gasteiger partial charge in [0.15, 0.2) is 0 Å². The molecule has 2 aromatic heterocycles. The Morgan fingerprint density at radius 3 is 2.64 bits per heavy atom. The van der Waals surface area contributed by atoms with Crippen LogP contribution in [0.2, 0.25) is 0 Å². The number of aryl methyl sites for hydroxylation is 2. The molecule has 6 nitrogen and oxygen atoms in total. The molecular weight excluding hydrogens is 350 g/mol. The van der Waals surface area contributed by atoms with Gasteiger partial charge in [-0.25, -0.2) is 0 Å². The van der Waals surface area contributed by atoms with Crippen molar-refractivity contribution in [1.29, 1.82) is 0 Å². The molecular formula is C22H27N5O. The van der Waals surface area contributed by atoms with Gasteiger partial charge in [0, 0.05) is 31.4 Å². The molecule has 6 heteroatoms. The zero-order chi connectivity index (χ0) is 20.3. The van der Waals surface area contributed by atoms with Gasteiger partial charge in [-0.05, 0) is 57.6 Å². The summed E-state index contributed by atoms with van der Waals surface area (Å²) in [6, 6.07) is 13.9. The van der Waals surface area contributed by atoms with Crippen molar-refractivity contribution >= 4 is 11.6 Å². The third-order valence-corrected chi connectivity index (χ3v) is 5.15. The second-order valence-electron chi connectivity index (χ2n) is 7.17. The summed E-state index contributed by atoms with van der Waals surface area (Å²) in [6.07, 6.45) is 1.81. The van der Waals surface area contributed by atoms with Gasteiger partial charge in [0.25, 0.3) is 5.91 Å². The van der Waals surface area contributed by atoms with Crippen molar-refractivity contribution < 1.29 is 4.79 Å². The van der Waals surface area contributed by atoms with Crippen LogP contribution in [0, 0.1) is 13.8 Å². The average molecular weight is 377 g/mol. The van der Waals surface area contributed by atoms with Gasteiger partial charge in [-0.15, -0.1) is 0 Å². The molecule has 1 unspecified atom stereocenters. The van der Waals surface area contributed by atoms with E-state index in [4.69, 9.17) is 0 Å². The van der Waals surface area contributed by atoms with Crippen LogP contribution >= 0.6 is 0 Å². The van der Waals surface area contributed by atoms with Gasteiger partial charge in [-0.3, -0.25) is 19.4 Å². The molecule has 3 aromatic rings. The fourth-order valence-electron chi connectivity index (χ4n) is 3.22. The van der Waals surface area contributed by atoms with Gasteiger partial charge in [0.2, 0.25) is 0 Å². The Kier molecular flexibility index (Phi) is 5.90. The highest BCUT2D eigenvalue weighted by molar-refractivity contribution is 6.05. The van der Waals surface area contributed by atoms with Gasteiger partial charge in [0.1, 0.15) is 0 Å². The first-order chi connectivity index (χ1) is 13.4. The molecule has 1 amide bonds. The Morgan fingerprint density at radius 1 is 1.21 bits per heavy atom. The predicted molar refractivity (Wildman–Crippen MR) is 111 cm³/mol. The van der Waals surface area contributed by atoms with Crippen molar-refractivity contribution in [2.45, 2.75) is 33.4 Å². The zero-order valence-electron chi connectivity index (χ0n) is 17.1. The number of nitrogens with one attached hydrogen (secondary N) is 1. The highest BCUT2D eigenvalue weighted by Gasteiger charge is 2.16. The number of rotatable bonds is 6. The summed E-state index contributed by atoms with van der Waals surface area (Å²) in [7, 11) is 3.94. The molecule has 0 radical (unpaired) electrons. The van der Waals surface area contributed by atoms with Crippen LogP contribution in [0.15, 0.2) is 48.7 Å². The van der Waals surface area contributed by atoms with E-state index in [2.05, 4.69) is 34.3 Å². The monoisotopic (exact) mass is 377 g/mol. The van der Waals surface area contributed by atoms with Crippen LogP contribution < -0.4 is 5.32 Å². The minimum absolute atomic E-state index is 0.124.